The molecule has 0 fully saturated rings. The Morgan fingerprint density at radius 3 is 2.39 bits per heavy atom. The highest BCUT2D eigenvalue weighted by atomic mass is 32.2. The van der Waals surface area contributed by atoms with Gasteiger partial charge in [0.05, 0.1) is 0 Å². The van der Waals surface area contributed by atoms with Crippen LogP contribution in [-0.2, 0) is 10.0 Å². The Labute approximate surface area is 101 Å². The van der Waals surface area contributed by atoms with Crippen molar-refractivity contribution in [3.8, 4) is 0 Å². The van der Waals surface area contributed by atoms with Gasteiger partial charge in [0.1, 0.15) is 6.54 Å². The number of aldehydes is 1. The predicted octanol–water partition coefficient (Wildman–Crippen LogP) is 1.67. The molecule has 0 aliphatic carbocycles. The first kappa shape index (κ1) is 14.7. The first-order valence-corrected chi connectivity index (χ1v) is 6.26. The van der Waals surface area contributed by atoms with Gasteiger partial charge in [0.25, 0.3) is 10.0 Å². The normalized spacial score (nSPS) is 12.9. The third-order valence-corrected chi connectivity index (χ3v) is 3.82. The largest absolute Gasteiger partial charge is 0.440 e. The lowest BCUT2D eigenvalue weighted by Crippen LogP contribution is -2.38. The number of hydrogen-bond acceptors (Lipinski definition) is 4. The molecule has 0 saturated carbocycles. The Bertz CT molecular complexity index is 520. The molecule has 0 radical (unpaired) electrons. The van der Waals surface area contributed by atoms with Crippen molar-refractivity contribution in [1.29, 1.82) is 0 Å². The quantitative estimate of drug-likeness (QED) is 0.772. The summed E-state index contributed by atoms with van der Waals surface area (Å²) in [5.41, 5.74) is 0. The number of carbonyl (C=O) groups is 1. The van der Waals surface area contributed by atoms with Crippen LogP contribution in [0.3, 0.4) is 0 Å². The Kier molecular flexibility index (Phi) is 4.17. The zero-order chi connectivity index (χ0) is 14.0. The summed E-state index contributed by atoms with van der Waals surface area (Å²) >= 11 is 0. The van der Waals surface area contributed by atoms with E-state index in [1.807, 2.05) is 0 Å². The summed E-state index contributed by atoms with van der Waals surface area (Å²) in [4.78, 5) is 10.3. The minimum absolute atomic E-state index is 0.223. The summed E-state index contributed by atoms with van der Waals surface area (Å²) in [5, 5.41) is -0.685. The first-order valence-electron chi connectivity index (χ1n) is 4.82. The maximum atomic E-state index is 12.2. The SMILES string of the molecule is CCN(CC(F)(F)F)S(=O)(=O)c1ccc(C=O)o1. The predicted molar refractivity (Wildman–Crippen MR) is 54.6 cm³/mol. The van der Waals surface area contributed by atoms with Crippen molar-refractivity contribution in [3.05, 3.63) is 17.9 Å². The fraction of sp³-hybridized carbons (Fsp3) is 0.444. The van der Waals surface area contributed by atoms with Gasteiger partial charge in [0.2, 0.25) is 5.09 Å². The van der Waals surface area contributed by atoms with Gasteiger partial charge in [-0.15, -0.1) is 0 Å². The van der Waals surface area contributed by atoms with E-state index in [9.17, 15) is 26.4 Å². The highest BCUT2D eigenvalue weighted by molar-refractivity contribution is 7.89. The number of sulfonamides is 1. The molecule has 0 amide bonds. The van der Waals surface area contributed by atoms with Crippen molar-refractivity contribution < 1.29 is 30.8 Å². The maximum Gasteiger partial charge on any atom is 0.402 e. The molecule has 1 rings (SSSR count). The van der Waals surface area contributed by atoms with E-state index in [2.05, 4.69) is 4.42 Å². The molecule has 0 spiro atoms. The smallest absolute Gasteiger partial charge is 0.402 e. The lowest BCUT2D eigenvalue weighted by molar-refractivity contribution is -0.135. The molecule has 18 heavy (non-hydrogen) atoms. The summed E-state index contributed by atoms with van der Waals surface area (Å²) in [6.07, 6.45) is -4.39. The molecule has 0 aromatic carbocycles. The van der Waals surface area contributed by atoms with Crippen molar-refractivity contribution >= 4 is 16.3 Å². The van der Waals surface area contributed by atoms with Gasteiger partial charge in [-0.05, 0) is 12.1 Å². The van der Waals surface area contributed by atoms with E-state index < -0.39 is 27.8 Å². The van der Waals surface area contributed by atoms with Crippen LogP contribution >= 0.6 is 0 Å². The van der Waals surface area contributed by atoms with E-state index in [1.165, 1.54) is 6.92 Å². The Morgan fingerprint density at radius 2 is 2.00 bits per heavy atom. The van der Waals surface area contributed by atoms with Crippen LogP contribution in [-0.4, -0.2) is 38.3 Å². The molecule has 1 aromatic heterocycles. The van der Waals surface area contributed by atoms with Crippen LogP contribution in [0.1, 0.15) is 17.5 Å². The fourth-order valence-electron chi connectivity index (χ4n) is 1.23. The number of carbonyl (C=O) groups excluding carboxylic acids is 1. The third-order valence-electron chi connectivity index (χ3n) is 2.02. The van der Waals surface area contributed by atoms with Gasteiger partial charge in [0.15, 0.2) is 12.0 Å². The summed E-state index contributed by atoms with van der Waals surface area (Å²) in [6.45, 7) is -0.700. The van der Waals surface area contributed by atoms with Crippen LogP contribution in [0.25, 0.3) is 0 Å². The standard InChI is InChI=1S/C9H10F3NO4S/c1-2-13(6-9(10,11)12)18(15,16)8-4-3-7(5-14)17-8/h3-5H,2,6H2,1H3. The number of rotatable bonds is 5. The zero-order valence-corrected chi connectivity index (χ0v) is 10.1. The van der Waals surface area contributed by atoms with Crippen molar-refractivity contribution in [3.63, 3.8) is 0 Å². The van der Waals surface area contributed by atoms with E-state index in [0.717, 1.165) is 12.1 Å². The van der Waals surface area contributed by atoms with Gasteiger partial charge < -0.3 is 4.42 Å². The molecule has 1 aromatic rings. The van der Waals surface area contributed by atoms with Crippen molar-refractivity contribution in [2.75, 3.05) is 13.1 Å². The average Bonchev–Trinajstić information content (AvgIpc) is 2.73. The molecular formula is C9H10F3NO4S. The van der Waals surface area contributed by atoms with Crippen LogP contribution in [0.15, 0.2) is 21.6 Å². The molecule has 1 heterocycles. The molecule has 0 N–H and O–H groups in total. The van der Waals surface area contributed by atoms with Crippen LogP contribution in [0, 0.1) is 0 Å². The minimum Gasteiger partial charge on any atom is -0.440 e. The summed E-state index contributed by atoms with van der Waals surface area (Å²) < 4.78 is 65.1. The third kappa shape index (κ3) is 3.33. The molecule has 0 aliphatic rings. The highest BCUT2D eigenvalue weighted by Gasteiger charge is 2.37. The number of alkyl halides is 3. The second-order valence-electron chi connectivity index (χ2n) is 3.32. The molecular weight excluding hydrogens is 275 g/mol. The molecule has 0 bridgehead atoms. The van der Waals surface area contributed by atoms with E-state index in [-0.39, 0.29) is 22.9 Å². The molecule has 0 aliphatic heterocycles. The average molecular weight is 285 g/mol. The zero-order valence-electron chi connectivity index (χ0n) is 9.27. The molecule has 0 atom stereocenters. The molecule has 5 nitrogen and oxygen atoms in total. The van der Waals surface area contributed by atoms with Gasteiger partial charge in [-0.3, -0.25) is 4.79 Å². The van der Waals surface area contributed by atoms with Crippen molar-refractivity contribution in [2.45, 2.75) is 18.2 Å². The number of hydrogen-bond donors (Lipinski definition) is 0. The minimum atomic E-state index is -4.65. The Balaban J connectivity index is 3.06. The summed E-state index contributed by atoms with van der Waals surface area (Å²) in [6, 6.07) is 2.01. The highest BCUT2D eigenvalue weighted by Crippen LogP contribution is 2.23. The molecule has 0 saturated heterocycles. The lowest BCUT2D eigenvalue weighted by atomic mass is 10.5. The van der Waals surface area contributed by atoms with Crippen molar-refractivity contribution in [2.24, 2.45) is 0 Å². The monoisotopic (exact) mass is 285 g/mol. The Morgan fingerprint density at radius 1 is 1.39 bits per heavy atom. The second-order valence-corrected chi connectivity index (χ2v) is 5.19. The van der Waals surface area contributed by atoms with Crippen LogP contribution in [0.4, 0.5) is 13.2 Å². The number of furan rings is 1. The van der Waals surface area contributed by atoms with Crippen LogP contribution < -0.4 is 0 Å². The van der Waals surface area contributed by atoms with Gasteiger partial charge >= 0.3 is 6.18 Å². The maximum absolute atomic E-state index is 12.2. The van der Waals surface area contributed by atoms with E-state index >= 15 is 0 Å². The lowest BCUT2D eigenvalue weighted by Gasteiger charge is -2.20. The van der Waals surface area contributed by atoms with Gasteiger partial charge in [0, 0.05) is 6.54 Å². The molecule has 102 valence electrons. The second kappa shape index (κ2) is 5.11. The Hall–Kier alpha value is -1.35. The van der Waals surface area contributed by atoms with Gasteiger partial charge in [-0.1, -0.05) is 6.92 Å². The molecule has 9 heteroatoms. The number of nitrogens with zero attached hydrogens (tertiary/aromatic N) is 1. The van der Waals surface area contributed by atoms with E-state index in [0.29, 0.717) is 0 Å². The topological polar surface area (TPSA) is 67.6 Å². The fourth-order valence-corrected chi connectivity index (χ4v) is 2.58. The molecule has 0 unspecified atom stereocenters. The first-order chi connectivity index (χ1) is 8.20. The summed E-state index contributed by atoms with van der Waals surface area (Å²) in [7, 11) is -4.39. The van der Waals surface area contributed by atoms with Crippen molar-refractivity contribution in [1.82, 2.24) is 4.31 Å². The van der Waals surface area contributed by atoms with E-state index in [1.54, 1.807) is 0 Å². The van der Waals surface area contributed by atoms with Gasteiger partial charge in [-0.2, -0.15) is 17.5 Å². The van der Waals surface area contributed by atoms with Crippen LogP contribution in [0.2, 0.25) is 0 Å². The van der Waals surface area contributed by atoms with Gasteiger partial charge in [-0.25, -0.2) is 8.42 Å². The number of halogens is 3. The summed E-state index contributed by atoms with van der Waals surface area (Å²) in [5.74, 6) is -0.267. The van der Waals surface area contributed by atoms with Crippen LogP contribution in [0.5, 0.6) is 0 Å². The van der Waals surface area contributed by atoms with E-state index in [4.69, 9.17) is 0 Å².